The lowest BCUT2D eigenvalue weighted by molar-refractivity contribution is 1.07. The summed E-state index contributed by atoms with van der Waals surface area (Å²) in [6, 6.07) is 14.1. The number of hydrogen-bond acceptors (Lipinski definition) is 2. The molecule has 0 amide bonds. The highest BCUT2D eigenvalue weighted by atomic mass is 35.5. The number of halogens is 1. The van der Waals surface area contributed by atoms with E-state index in [9.17, 15) is 0 Å². The van der Waals surface area contributed by atoms with Gasteiger partial charge in [-0.15, -0.1) is 0 Å². The lowest BCUT2D eigenvalue weighted by atomic mass is 9.95. The largest absolute Gasteiger partial charge is 0.326 e. The molecule has 2 N–H and O–H groups in total. The van der Waals surface area contributed by atoms with E-state index in [1.54, 1.807) is 0 Å². The van der Waals surface area contributed by atoms with E-state index in [0.29, 0.717) is 11.6 Å². The van der Waals surface area contributed by atoms with E-state index < -0.39 is 0 Å². The van der Waals surface area contributed by atoms with Crippen molar-refractivity contribution < 1.29 is 0 Å². The van der Waals surface area contributed by atoms with Gasteiger partial charge in [-0.05, 0) is 40.3 Å². The maximum Gasteiger partial charge on any atom is 0.0409 e. The molecule has 0 radical (unpaired) electrons. The number of benzene rings is 2. The van der Waals surface area contributed by atoms with Gasteiger partial charge in [0, 0.05) is 29.3 Å². The van der Waals surface area contributed by atoms with Crippen LogP contribution in [0.15, 0.2) is 54.9 Å². The third-order valence-electron chi connectivity index (χ3n) is 3.26. The SMILES string of the molecule is NCc1cc(Cl)ccc1-c1cccc2cnccc12. The van der Waals surface area contributed by atoms with Gasteiger partial charge in [-0.2, -0.15) is 0 Å². The molecule has 2 nitrogen and oxygen atoms in total. The summed E-state index contributed by atoms with van der Waals surface area (Å²) in [6.45, 7) is 0.470. The summed E-state index contributed by atoms with van der Waals surface area (Å²) in [6.07, 6.45) is 3.68. The molecule has 0 aliphatic heterocycles. The lowest BCUT2D eigenvalue weighted by Crippen LogP contribution is -1.99. The van der Waals surface area contributed by atoms with Crippen molar-refractivity contribution in [3.8, 4) is 11.1 Å². The summed E-state index contributed by atoms with van der Waals surface area (Å²) < 4.78 is 0. The van der Waals surface area contributed by atoms with Crippen LogP contribution in [0, 0.1) is 0 Å². The van der Waals surface area contributed by atoms with Crippen LogP contribution >= 0.6 is 11.6 Å². The number of nitrogens with two attached hydrogens (primary N) is 1. The van der Waals surface area contributed by atoms with Gasteiger partial charge in [0.1, 0.15) is 0 Å². The van der Waals surface area contributed by atoms with Gasteiger partial charge in [0.25, 0.3) is 0 Å². The van der Waals surface area contributed by atoms with Crippen molar-refractivity contribution in [3.05, 3.63) is 65.4 Å². The van der Waals surface area contributed by atoms with E-state index in [1.165, 1.54) is 5.39 Å². The van der Waals surface area contributed by atoms with Crippen molar-refractivity contribution in [2.45, 2.75) is 6.54 Å². The molecule has 94 valence electrons. The van der Waals surface area contributed by atoms with Crippen LogP contribution in [-0.2, 0) is 6.54 Å². The zero-order chi connectivity index (χ0) is 13.2. The molecule has 0 aliphatic carbocycles. The number of pyridine rings is 1. The van der Waals surface area contributed by atoms with Gasteiger partial charge in [-0.1, -0.05) is 35.9 Å². The van der Waals surface area contributed by atoms with E-state index in [4.69, 9.17) is 17.3 Å². The first kappa shape index (κ1) is 12.2. The molecule has 3 aromatic rings. The van der Waals surface area contributed by atoms with Gasteiger partial charge >= 0.3 is 0 Å². The Bertz CT molecular complexity index is 732. The molecule has 0 saturated heterocycles. The number of rotatable bonds is 2. The van der Waals surface area contributed by atoms with E-state index in [1.807, 2.05) is 42.7 Å². The average molecular weight is 269 g/mol. The molecule has 0 saturated carbocycles. The van der Waals surface area contributed by atoms with Crippen molar-refractivity contribution in [3.63, 3.8) is 0 Å². The summed E-state index contributed by atoms with van der Waals surface area (Å²) in [5.74, 6) is 0. The number of fused-ring (bicyclic) bond motifs is 1. The fourth-order valence-electron chi connectivity index (χ4n) is 2.35. The Balaban J connectivity index is 2.30. The molecule has 1 aromatic heterocycles. The normalized spacial score (nSPS) is 10.8. The van der Waals surface area contributed by atoms with Gasteiger partial charge in [0.15, 0.2) is 0 Å². The summed E-state index contributed by atoms with van der Waals surface area (Å²) in [5.41, 5.74) is 9.17. The highest BCUT2D eigenvalue weighted by Gasteiger charge is 2.08. The van der Waals surface area contributed by atoms with Gasteiger partial charge in [0.2, 0.25) is 0 Å². The third kappa shape index (κ3) is 2.21. The average Bonchev–Trinajstić information content (AvgIpc) is 2.46. The van der Waals surface area contributed by atoms with Gasteiger partial charge in [-0.25, -0.2) is 0 Å². The molecule has 2 aromatic carbocycles. The van der Waals surface area contributed by atoms with Crippen LogP contribution in [0.25, 0.3) is 21.9 Å². The minimum atomic E-state index is 0.470. The first-order chi connectivity index (χ1) is 9.29. The summed E-state index contributed by atoms with van der Waals surface area (Å²) in [7, 11) is 0. The Morgan fingerprint density at radius 1 is 1.05 bits per heavy atom. The van der Waals surface area contributed by atoms with Gasteiger partial charge < -0.3 is 5.73 Å². The maximum atomic E-state index is 6.04. The molecule has 0 spiro atoms. The predicted molar refractivity (Wildman–Crippen MR) is 80.1 cm³/mol. The summed E-state index contributed by atoms with van der Waals surface area (Å²) in [5, 5.41) is 3.01. The van der Waals surface area contributed by atoms with Crippen LogP contribution in [0.1, 0.15) is 5.56 Å². The van der Waals surface area contributed by atoms with E-state index >= 15 is 0 Å². The van der Waals surface area contributed by atoms with Crippen LogP contribution < -0.4 is 5.73 Å². The number of aromatic nitrogens is 1. The fourth-order valence-corrected chi connectivity index (χ4v) is 2.55. The second-order valence-electron chi connectivity index (χ2n) is 4.41. The second kappa shape index (κ2) is 5.00. The topological polar surface area (TPSA) is 38.9 Å². The van der Waals surface area contributed by atoms with Crippen molar-refractivity contribution >= 4 is 22.4 Å². The molecule has 0 atom stereocenters. The Labute approximate surface area is 116 Å². The molecule has 0 fully saturated rings. The standard InChI is InChI=1S/C16H13ClN2/c17-13-4-5-14(12(8-13)9-18)16-3-1-2-11-10-19-7-6-15(11)16/h1-8,10H,9,18H2. The predicted octanol–water partition coefficient (Wildman–Crippen LogP) is 4.01. The highest BCUT2D eigenvalue weighted by molar-refractivity contribution is 6.30. The van der Waals surface area contributed by atoms with E-state index in [2.05, 4.69) is 17.1 Å². The van der Waals surface area contributed by atoms with Crippen LogP contribution in [0.2, 0.25) is 5.02 Å². The highest BCUT2D eigenvalue weighted by Crippen LogP contribution is 2.31. The van der Waals surface area contributed by atoms with Crippen molar-refractivity contribution in [2.75, 3.05) is 0 Å². The third-order valence-corrected chi connectivity index (χ3v) is 3.49. The Morgan fingerprint density at radius 3 is 2.79 bits per heavy atom. The smallest absolute Gasteiger partial charge is 0.0409 e. The number of nitrogens with zero attached hydrogens (tertiary/aromatic N) is 1. The Hall–Kier alpha value is -1.90. The second-order valence-corrected chi connectivity index (χ2v) is 4.84. The molecule has 3 rings (SSSR count). The Morgan fingerprint density at radius 2 is 1.95 bits per heavy atom. The minimum Gasteiger partial charge on any atom is -0.326 e. The Kier molecular flexibility index (Phi) is 3.20. The molecule has 19 heavy (non-hydrogen) atoms. The molecule has 0 bridgehead atoms. The van der Waals surface area contributed by atoms with Crippen LogP contribution in [-0.4, -0.2) is 4.98 Å². The van der Waals surface area contributed by atoms with Gasteiger partial charge in [-0.3, -0.25) is 4.98 Å². The maximum absolute atomic E-state index is 6.04. The van der Waals surface area contributed by atoms with Crippen molar-refractivity contribution in [2.24, 2.45) is 5.73 Å². The minimum absolute atomic E-state index is 0.470. The molecular formula is C16H13ClN2. The molecular weight excluding hydrogens is 256 g/mol. The molecule has 3 heteroatoms. The molecule has 1 heterocycles. The van der Waals surface area contributed by atoms with Crippen molar-refractivity contribution in [1.82, 2.24) is 4.98 Å². The van der Waals surface area contributed by atoms with Crippen LogP contribution in [0.5, 0.6) is 0 Å². The van der Waals surface area contributed by atoms with E-state index in [-0.39, 0.29) is 0 Å². The monoisotopic (exact) mass is 268 g/mol. The summed E-state index contributed by atoms with van der Waals surface area (Å²) >= 11 is 6.04. The number of hydrogen-bond donors (Lipinski definition) is 1. The zero-order valence-electron chi connectivity index (χ0n) is 10.3. The van der Waals surface area contributed by atoms with Crippen LogP contribution in [0.4, 0.5) is 0 Å². The fraction of sp³-hybridized carbons (Fsp3) is 0.0625. The van der Waals surface area contributed by atoms with Crippen LogP contribution in [0.3, 0.4) is 0 Å². The first-order valence-electron chi connectivity index (χ1n) is 6.11. The lowest BCUT2D eigenvalue weighted by Gasteiger charge is -2.11. The molecule has 0 unspecified atom stereocenters. The van der Waals surface area contributed by atoms with Crippen molar-refractivity contribution in [1.29, 1.82) is 0 Å². The quantitative estimate of drug-likeness (QED) is 0.763. The van der Waals surface area contributed by atoms with E-state index in [0.717, 1.165) is 22.1 Å². The zero-order valence-corrected chi connectivity index (χ0v) is 11.1. The molecule has 0 aliphatic rings. The first-order valence-corrected chi connectivity index (χ1v) is 6.49. The summed E-state index contributed by atoms with van der Waals surface area (Å²) in [4.78, 5) is 4.16. The van der Waals surface area contributed by atoms with Gasteiger partial charge in [0.05, 0.1) is 0 Å².